The quantitative estimate of drug-likeness (QED) is 0.295. The SMILES string of the molecule is CCC(Sc1nc(N)c(C#N)c(-c2ccc(C(C)C)cc2)c1C#N)C(=O)Nc1cc(C(=O)O)ccc1Cl. The Morgan fingerprint density at radius 2 is 1.78 bits per heavy atom. The second kappa shape index (κ2) is 11.8. The fourth-order valence-corrected chi connectivity index (χ4v) is 4.81. The zero-order valence-electron chi connectivity index (χ0n) is 20.4. The minimum Gasteiger partial charge on any atom is -0.478 e. The molecule has 2 aromatic carbocycles. The summed E-state index contributed by atoms with van der Waals surface area (Å²) in [5.41, 5.74) is 8.60. The molecule has 3 rings (SSSR count). The van der Waals surface area contributed by atoms with Gasteiger partial charge in [-0.15, -0.1) is 0 Å². The molecule has 0 saturated carbocycles. The number of pyridine rings is 1. The Hall–Kier alpha value is -4.05. The van der Waals surface area contributed by atoms with Gasteiger partial charge in [0.2, 0.25) is 5.91 Å². The molecule has 1 atom stereocenters. The first-order chi connectivity index (χ1) is 17.6. The molecular formula is C27H24ClN5O3S. The summed E-state index contributed by atoms with van der Waals surface area (Å²) >= 11 is 7.20. The summed E-state index contributed by atoms with van der Waals surface area (Å²) in [7, 11) is 0. The van der Waals surface area contributed by atoms with Crippen molar-refractivity contribution in [3.05, 3.63) is 69.7 Å². The summed E-state index contributed by atoms with van der Waals surface area (Å²) in [5, 5.41) is 31.4. The van der Waals surface area contributed by atoms with Crippen molar-refractivity contribution < 1.29 is 14.7 Å². The van der Waals surface area contributed by atoms with Crippen LogP contribution in [0.3, 0.4) is 0 Å². The van der Waals surface area contributed by atoms with Gasteiger partial charge in [0.1, 0.15) is 28.5 Å². The molecule has 1 aromatic heterocycles. The third-order valence-corrected chi connectivity index (χ3v) is 7.35. The Balaban J connectivity index is 2.01. The molecule has 1 heterocycles. The largest absolute Gasteiger partial charge is 0.478 e. The summed E-state index contributed by atoms with van der Waals surface area (Å²) in [5.74, 6) is -1.34. The molecule has 0 spiro atoms. The number of nitriles is 2. The third-order valence-electron chi connectivity index (χ3n) is 5.67. The van der Waals surface area contributed by atoms with Gasteiger partial charge in [0.25, 0.3) is 0 Å². The summed E-state index contributed by atoms with van der Waals surface area (Å²) < 4.78 is 0. The number of carboxylic acid groups (broad SMARTS) is 1. The van der Waals surface area contributed by atoms with Crippen LogP contribution in [0.15, 0.2) is 47.5 Å². The van der Waals surface area contributed by atoms with Crippen LogP contribution in [0.4, 0.5) is 11.5 Å². The van der Waals surface area contributed by atoms with Crippen LogP contribution in [0.1, 0.15) is 60.2 Å². The number of thioether (sulfide) groups is 1. The number of hydrogen-bond acceptors (Lipinski definition) is 7. The van der Waals surface area contributed by atoms with Crippen molar-refractivity contribution in [1.82, 2.24) is 4.98 Å². The number of nitrogens with zero attached hydrogens (tertiary/aromatic N) is 3. The summed E-state index contributed by atoms with van der Waals surface area (Å²) in [4.78, 5) is 28.7. The maximum Gasteiger partial charge on any atom is 0.335 e. The molecule has 0 aliphatic rings. The molecule has 0 bridgehead atoms. The topological polar surface area (TPSA) is 153 Å². The van der Waals surface area contributed by atoms with Crippen molar-refractivity contribution in [3.8, 4) is 23.3 Å². The second-order valence-electron chi connectivity index (χ2n) is 8.43. The third kappa shape index (κ3) is 6.03. The fourth-order valence-electron chi connectivity index (χ4n) is 3.63. The van der Waals surface area contributed by atoms with Crippen LogP contribution in [0.25, 0.3) is 11.1 Å². The molecule has 10 heteroatoms. The molecule has 0 saturated heterocycles. The molecular weight excluding hydrogens is 510 g/mol. The number of nitrogens with two attached hydrogens (primary N) is 1. The minimum absolute atomic E-state index is 0.0261. The highest BCUT2D eigenvalue weighted by Crippen LogP contribution is 2.38. The zero-order chi connectivity index (χ0) is 27.3. The van der Waals surface area contributed by atoms with Crippen LogP contribution in [-0.2, 0) is 4.79 Å². The van der Waals surface area contributed by atoms with Gasteiger partial charge < -0.3 is 16.2 Å². The number of amides is 1. The molecule has 0 fully saturated rings. The first-order valence-electron chi connectivity index (χ1n) is 11.4. The van der Waals surface area contributed by atoms with Gasteiger partial charge >= 0.3 is 5.97 Å². The maximum atomic E-state index is 13.1. The standard InChI is InChI=1S/C27H24ClN5O3S/c1-4-22(25(34)32-21-11-17(27(35)36)9-10-20(21)28)37-26-19(13-30)23(18(12-29)24(31)33-26)16-7-5-15(6-8-16)14(2)3/h5-11,14,22H,4H2,1-3H3,(H2,31,33)(H,32,34)(H,35,36). The Morgan fingerprint density at radius 3 is 2.32 bits per heavy atom. The lowest BCUT2D eigenvalue weighted by molar-refractivity contribution is -0.115. The van der Waals surface area contributed by atoms with Gasteiger partial charge in [0.05, 0.1) is 27.1 Å². The van der Waals surface area contributed by atoms with E-state index in [1.165, 1.54) is 18.2 Å². The number of carbonyl (C=O) groups is 2. The monoisotopic (exact) mass is 533 g/mol. The van der Waals surface area contributed by atoms with E-state index in [1.54, 1.807) is 6.92 Å². The number of rotatable bonds is 8. The van der Waals surface area contributed by atoms with Gasteiger partial charge in [-0.2, -0.15) is 10.5 Å². The lowest BCUT2D eigenvalue weighted by atomic mass is 9.94. The summed E-state index contributed by atoms with van der Waals surface area (Å²) in [6, 6.07) is 15.7. The number of aromatic nitrogens is 1. The number of anilines is 2. The number of hydrogen-bond donors (Lipinski definition) is 3. The van der Waals surface area contributed by atoms with Gasteiger partial charge in [-0.25, -0.2) is 9.78 Å². The fraction of sp³-hybridized carbons (Fsp3) is 0.222. The predicted octanol–water partition coefficient (Wildman–Crippen LogP) is 6.06. The van der Waals surface area contributed by atoms with E-state index in [9.17, 15) is 25.2 Å². The summed E-state index contributed by atoms with van der Waals surface area (Å²) in [6.45, 7) is 5.92. The molecule has 3 aromatic rings. The van der Waals surface area contributed by atoms with Gasteiger partial charge in [-0.05, 0) is 41.7 Å². The van der Waals surface area contributed by atoms with Crippen molar-refractivity contribution in [2.24, 2.45) is 0 Å². The first-order valence-corrected chi connectivity index (χ1v) is 12.6. The first kappa shape index (κ1) is 27.5. The Labute approximate surface area is 224 Å². The van der Waals surface area contributed by atoms with Crippen LogP contribution in [0.5, 0.6) is 0 Å². The van der Waals surface area contributed by atoms with Crippen molar-refractivity contribution in [2.75, 3.05) is 11.1 Å². The van der Waals surface area contributed by atoms with Crippen LogP contribution in [0.2, 0.25) is 5.02 Å². The second-order valence-corrected chi connectivity index (χ2v) is 10.0. The van der Waals surface area contributed by atoms with E-state index < -0.39 is 17.1 Å². The van der Waals surface area contributed by atoms with E-state index in [4.69, 9.17) is 17.3 Å². The number of nitrogens with one attached hydrogen (secondary N) is 1. The molecule has 4 N–H and O–H groups in total. The number of aromatic carboxylic acids is 1. The Morgan fingerprint density at radius 1 is 1.14 bits per heavy atom. The number of halogens is 1. The number of benzene rings is 2. The lowest BCUT2D eigenvalue weighted by Gasteiger charge is -2.18. The van der Waals surface area contributed by atoms with E-state index in [2.05, 4.69) is 36.3 Å². The molecule has 8 nitrogen and oxygen atoms in total. The molecule has 1 amide bonds. The van der Waals surface area contributed by atoms with Gasteiger partial charge in [-0.3, -0.25) is 4.79 Å². The van der Waals surface area contributed by atoms with Crippen LogP contribution >= 0.6 is 23.4 Å². The lowest BCUT2D eigenvalue weighted by Crippen LogP contribution is -2.25. The van der Waals surface area contributed by atoms with E-state index in [1.807, 2.05) is 24.3 Å². The van der Waals surface area contributed by atoms with Gasteiger partial charge in [0.15, 0.2) is 0 Å². The molecule has 1 unspecified atom stereocenters. The normalized spacial score (nSPS) is 11.4. The molecule has 0 radical (unpaired) electrons. The van der Waals surface area contributed by atoms with E-state index in [-0.39, 0.29) is 38.2 Å². The molecule has 37 heavy (non-hydrogen) atoms. The van der Waals surface area contributed by atoms with Crippen molar-refractivity contribution >= 4 is 46.7 Å². The average Bonchev–Trinajstić information content (AvgIpc) is 2.87. The number of carbonyl (C=O) groups excluding carboxylic acids is 1. The Bertz CT molecular complexity index is 1440. The van der Waals surface area contributed by atoms with Crippen LogP contribution < -0.4 is 11.1 Å². The maximum absolute atomic E-state index is 13.1. The predicted molar refractivity (Wildman–Crippen MR) is 145 cm³/mol. The van der Waals surface area contributed by atoms with Gasteiger partial charge in [0, 0.05) is 5.56 Å². The molecule has 0 aliphatic carbocycles. The highest BCUT2D eigenvalue weighted by atomic mass is 35.5. The highest BCUT2D eigenvalue weighted by Gasteiger charge is 2.26. The van der Waals surface area contributed by atoms with Crippen LogP contribution in [0, 0.1) is 22.7 Å². The number of nitrogen functional groups attached to an aromatic ring is 1. The Kier molecular flexibility index (Phi) is 8.77. The van der Waals surface area contributed by atoms with Gasteiger partial charge in [-0.1, -0.05) is 68.4 Å². The molecule has 188 valence electrons. The average molecular weight is 534 g/mol. The highest BCUT2D eigenvalue weighted by molar-refractivity contribution is 8.00. The summed E-state index contributed by atoms with van der Waals surface area (Å²) in [6.07, 6.45) is 0.359. The van der Waals surface area contributed by atoms with E-state index >= 15 is 0 Å². The van der Waals surface area contributed by atoms with Crippen molar-refractivity contribution in [3.63, 3.8) is 0 Å². The number of carboxylic acids is 1. The zero-order valence-corrected chi connectivity index (χ0v) is 21.9. The van der Waals surface area contributed by atoms with E-state index in [0.717, 1.165) is 17.3 Å². The van der Waals surface area contributed by atoms with E-state index in [0.29, 0.717) is 23.5 Å². The van der Waals surface area contributed by atoms with Crippen molar-refractivity contribution in [2.45, 2.75) is 43.4 Å². The van der Waals surface area contributed by atoms with Crippen molar-refractivity contribution in [1.29, 1.82) is 10.5 Å². The minimum atomic E-state index is -1.15. The smallest absolute Gasteiger partial charge is 0.335 e. The van der Waals surface area contributed by atoms with Crippen LogP contribution in [-0.4, -0.2) is 27.2 Å². The molecule has 0 aliphatic heterocycles.